The summed E-state index contributed by atoms with van der Waals surface area (Å²) in [5.41, 5.74) is 5.16. The van der Waals surface area contributed by atoms with Crippen molar-refractivity contribution in [3.05, 3.63) is 0 Å². The average Bonchev–Trinajstić information content (AvgIpc) is 2.87. The lowest BCUT2D eigenvalue weighted by molar-refractivity contribution is -0.144. The molecule has 15 heavy (non-hydrogen) atoms. The van der Waals surface area contributed by atoms with Crippen LogP contribution in [-0.4, -0.2) is 17.6 Å². The van der Waals surface area contributed by atoms with Gasteiger partial charge in [0.25, 0.3) is 0 Å². The zero-order valence-corrected chi connectivity index (χ0v) is 9.81. The molecule has 0 bridgehead atoms. The molecule has 0 aromatic carbocycles. The molecular weight excluding hydrogens is 214 g/mol. The van der Waals surface area contributed by atoms with Gasteiger partial charge in [-0.1, -0.05) is 25.7 Å². The Balaban J connectivity index is 0.00000112. The van der Waals surface area contributed by atoms with E-state index in [1.807, 2.05) is 0 Å². The summed E-state index contributed by atoms with van der Waals surface area (Å²) in [6, 6.07) is 0. The van der Waals surface area contributed by atoms with E-state index in [-0.39, 0.29) is 17.8 Å². The van der Waals surface area contributed by atoms with Gasteiger partial charge in [-0.05, 0) is 24.7 Å². The van der Waals surface area contributed by atoms with Crippen LogP contribution in [0.15, 0.2) is 0 Å². The summed E-state index contributed by atoms with van der Waals surface area (Å²) < 4.78 is 0. The summed E-state index contributed by atoms with van der Waals surface area (Å²) in [4.78, 5) is 11.2. The molecule has 4 heteroatoms. The molecule has 2 rings (SSSR count). The monoisotopic (exact) mass is 233 g/mol. The second-order valence-corrected chi connectivity index (χ2v) is 4.96. The molecule has 3 N–H and O–H groups in total. The third-order valence-corrected chi connectivity index (χ3v) is 4.35. The minimum absolute atomic E-state index is 0. The Morgan fingerprint density at radius 1 is 1.20 bits per heavy atom. The lowest BCUT2D eigenvalue weighted by Gasteiger charge is -2.19. The average molecular weight is 234 g/mol. The molecule has 2 aliphatic rings. The van der Waals surface area contributed by atoms with Crippen LogP contribution in [-0.2, 0) is 4.79 Å². The van der Waals surface area contributed by atoms with Crippen molar-refractivity contribution < 1.29 is 9.90 Å². The molecule has 0 heterocycles. The molecule has 0 radical (unpaired) electrons. The summed E-state index contributed by atoms with van der Waals surface area (Å²) in [7, 11) is 0. The van der Waals surface area contributed by atoms with Crippen molar-refractivity contribution in [1.82, 2.24) is 0 Å². The van der Waals surface area contributed by atoms with Crippen LogP contribution in [0.4, 0.5) is 0 Å². The van der Waals surface area contributed by atoms with Crippen LogP contribution < -0.4 is 5.73 Å². The number of carboxylic acids is 1. The fourth-order valence-electron chi connectivity index (χ4n) is 3.27. The second kappa shape index (κ2) is 4.30. The minimum atomic E-state index is -0.665. The highest BCUT2D eigenvalue weighted by Gasteiger charge is 2.70. The summed E-state index contributed by atoms with van der Waals surface area (Å²) in [5, 5.41) is 9.23. The van der Waals surface area contributed by atoms with Gasteiger partial charge in [0, 0.05) is 6.54 Å². The van der Waals surface area contributed by atoms with E-state index in [2.05, 4.69) is 0 Å². The van der Waals surface area contributed by atoms with Gasteiger partial charge >= 0.3 is 5.97 Å². The van der Waals surface area contributed by atoms with E-state index in [9.17, 15) is 9.90 Å². The quantitative estimate of drug-likeness (QED) is 0.769. The van der Waals surface area contributed by atoms with E-state index in [4.69, 9.17) is 5.73 Å². The number of carboxylic acid groups (broad SMARTS) is 1. The molecule has 2 fully saturated rings. The number of hydrogen-bond acceptors (Lipinski definition) is 2. The van der Waals surface area contributed by atoms with E-state index in [0.29, 0.717) is 6.54 Å². The molecule has 0 aromatic heterocycles. The lowest BCUT2D eigenvalue weighted by Crippen LogP contribution is -2.31. The van der Waals surface area contributed by atoms with Crippen molar-refractivity contribution in [3.8, 4) is 0 Å². The number of carbonyl (C=O) groups is 1. The molecule has 2 aliphatic carbocycles. The molecule has 0 amide bonds. The Bertz CT molecular complexity index is 249. The third kappa shape index (κ3) is 1.76. The molecular formula is C11H20ClNO2. The lowest BCUT2D eigenvalue weighted by atomic mass is 9.86. The number of nitrogens with two attached hydrogens (primary N) is 1. The largest absolute Gasteiger partial charge is 0.481 e. The van der Waals surface area contributed by atoms with Gasteiger partial charge in [-0.3, -0.25) is 4.79 Å². The molecule has 0 aliphatic heterocycles. The van der Waals surface area contributed by atoms with Gasteiger partial charge in [-0.2, -0.15) is 0 Å². The van der Waals surface area contributed by atoms with Crippen LogP contribution in [0.3, 0.4) is 0 Å². The van der Waals surface area contributed by atoms with Crippen LogP contribution in [0.5, 0.6) is 0 Å². The molecule has 1 unspecified atom stereocenters. The van der Waals surface area contributed by atoms with Crippen molar-refractivity contribution in [2.75, 3.05) is 6.54 Å². The first-order valence-corrected chi connectivity index (χ1v) is 5.60. The minimum Gasteiger partial charge on any atom is -0.481 e. The third-order valence-electron chi connectivity index (χ3n) is 4.35. The van der Waals surface area contributed by atoms with Gasteiger partial charge in [0.1, 0.15) is 0 Å². The fourth-order valence-corrected chi connectivity index (χ4v) is 3.27. The summed E-state index contributed by atoms with van der Waals surface area (Å²) >= 11 is 0. The van der Waals surface area contributed by atoms with Crippen LogP contribution >= 0.6 is 12.4 Å². The zero-order chi connectivity index (χ0) is 10.2. The zero-order valence-electron chi connectivity index (χ0n) is 9.00. The highest BCUT2D eigenvalue weighted by Crippen LogP contribution is 2.69. The number of rotatable bonds is 2. The van der Waals surface area contributed by atoms with E-state index >= 15 is 0 Å². The first-order valence-electron chi connectivity index (χ1n) is 5.60. The van der Waals surface area contributed by atoms with Crippen molar-refractivity contribution in [2.24, 2.45) is 16.6 Å². The Kier molecular flexibility index (Phi) is 3.67. The Morgan fingerprint density at radius 2 is 1.73 bits per heavy atom. The first-order chi connectivity index (χ1) is 6.67. The Labute approximate surface area is 96.8 Å². The predicted molar refractivity (Wildman–Crippen MR) is 61.1 cm³/mol. The van der Waals surface area contributed by atoms with Crippen LogP contribution in [0, 0.1) is 10.8 Å². The summed E-state index contributed by atoms with van der Waals surface area (Å²) in [6.07, 6.45) is 7.90. The van der Waals surface area contributed by atoms with E-state index in [0.717, 1.165) is 19.3 Å². The van der Waals surface area contributed by atoms with E-state index < -0.39 is 11.4 Å². The van der Waals surface area contributed by atoms with E-state index in [1.165, 1.54) is 25.7 Å². The smallest absolute Gasteiger partial charge is 0.311 e. The normalized spacial score (nSPS) is 32.9. The maximum Gasteiger partial charge on any atom is 0.311 e. The maximum absolute atomic E-state index is 11.2. The topological polar surface area (TPSA) is 63.3 Å². The highest BCUT2D eigenvalue weighted by molar-refractivity contribution is 5.85. The second-order valence-electron chi connectivity index (χ2n) is 4.96. The van der Waals surface area contributed by atoms with Crippen molar-refractivity contribution in [1.29, 1.82) is 0 Å². The van der Waals surface area contributed by atoms with Crippen molar-refractivity contribution >= 4 is 18.4 Å². The van der Waals surface area contributed by atoms with Crippen LogP contribution in [0.1, 0.15) is 44.9 Å². The Morgan fingerprint density at radius 3 is 2.07 bits per heavy atom. The van der Waals surface area contributed by atoms with E-state index in [1.54, 1.807) is 0 Å². The Hall–Kier alpha value is -0.280. The SMILES string of the molecule is Cl.NCC1(C(=O)O)CC12CCCCCC2. The number of hydrogen-bond donors (Lipinski definition) is 2. The van der Waals surface area contributed by atoms with Crippen molar-refractivity contribution in [3.63, 3.8) is 0 Å². The summed E-state index contributed by atoms with van der Waals surface area (Å²) in [6.45, 7) is 0.322. The molecule has 1 atom stereocenters. The molecule has 2 saturated carbocycles. The number of halogens is 1. The first kappa shape index (κ1) is 12.8. The van der Waals surface area contributed by atoms with Gasteiger partial charge < -0.3 is 10.8 Å². The van der Waals surface area contributed by atoms with Gasteiger partial charge in [0.05, 0.1) is 5.41 Å². The summed E-state index contributed by atoms with van der Waals surface area (Å²) in [5.74, 6) is -0.665. The van der Waals surface area contributed by atoms with Gasteiger partial charge in [0.15, 0.2) is 0 Å². The molecule has 3 nitrogen and oxygen atoms in total. The standard InChI is InChI=1S/C11H19NO2.ClH/c12-8-11(9(13)14)7-10(11)5-3-1-2-4-6-10;/h1-8,12H2,(H,13,14);1H. The fraction of sp³-hybridized carbons (Fsp3) is 0.909. The molecule has 1 spiro atoms. The molecule has 88 valence electrons. The van der Waals surface area contributed by atoms with Gasteiger partial charge in [-0.25, -0.2) is 0 Å². The highest BCUT2D eigenvalue weighted by atomic mass is 35.5. The van der Waals surface area contributed by atoms with Gasteiger partial charge in [0.2, 0.25) is 0 Å². The predicted octanol–water partition coefficient (Wildman–Crippen LogP) is 2.18. The molecule has 0 aromatic rings. The number of aliphatic carboxylic acids is 1. The van der Waals surface area contributed by atoms with Crippen LogP contribution in [0.25, 0.3) is 0 Å². The van der Waals surface area contributed by atoms with Gasteiger partial charge in [-0.15, -0.1) is 12.4 Å². The maximum atomic E-state index is 11.2. The van der Waals surface area contributed by atoms with Crippen LogP contribution in [0.2, 0.25) is 0 Å². The molecule has 0 saturated heterocycles. The van der Waals surface area contributed by atoms with Crippen molar-refractivity contribution in [2.45, 2.75) is 44.9 Å².